The van der Waals surface area contributed by atoms with E-state index in [2.05, 4.69) is 37.7 Å². The van der Waals surface area contributed by atoms with Gasteiger partial charge in [0.1, 0.15) is 6.61 Å². The maximum atomic E-state index is 11.9. The first-order valence-electron chi connectivity index (χ1n) is 22.1. The van der Waals surface area contributed by atoms with E-state index in [1.165, 1.54) is 154 Å². The maximum absolute atomic E-state index is 11.9. The van der Waals surface area contributed by atoms with Crippen LogP contribution in [0.2, 0.25) is 0 Å². The lowest BCUT2D eigenvalue weighted by Gasteiger charge is -2.44. The van der Waals surface area contributed by atoms with Gasteiger partial charge in [0.2, 0.25) is 0 Å². The molecule has 1 fully saturated rings. The van der Waals surface area contributed by atoms with Gasteiger partial charge in [0, 0.05) is 19.5 Å². The molecule has 0 heterocycles. The number of unbranched alkanes of at least 4 members (excludes halogenated alkanes) is 17. The molecule has 3 unspecified atom stereocenters. The molecule has 0 amide bonds. The Hall–Kier alpha value is -0.690. The molecule has 1 saturated carbocycles. The predicted molar refractivity (Wildman–Crippen MR) is 215 cm³/mol. The number of rotatable bonds is 36. The van der Waals surface area contributed by atoms with Gasteiger partial charge in [-0.05, 0) is 90.4 Å². The van der Waals surface area contributed by atoms with Gasteiger partial charge in [0.25, 0.3) is 0 Å². The summed E-state index contributed by atoms with van der Waals surface area (Å²) in [5, 5.41) is 0. The Kier molecular flexibility index (Phi) is 32.3. The first-order valence-corrected chi connectivity index (χ1v) is 22.1. The van der Waals surface area contributed by atoms with Crippen molar-refractivity contribution in [3.8, 4) is 0 Å². The number of hydrogen-bond donors (Lipinski definition) is 0. The molecule has 6 heteroatoms. The minimum Gasteiger partial charge on any atom is -0.464 e. The Morgan fingerprint density at radius 1 is 0.480 bits per heavy atom. The molecule has 0 aromatic rings. The number of carbonyl (C=O) groups excluding carboxylic acids is 1. The second kappa shape index (κ2) is 34.1. The fourth-order valence-corrected chi connectivity index (χ4v) is 8.37. The minimum atomic E-state index is -0.0236. The predicted octanol–water partition coefficient (Wildman–Crippen LogP) is 12.0. The highest BCUT2D eigenvalue weighted by Crippen LogP contribution is 2.47. The van der Waals surface area contributed by atoms with Gasteiger partial charge in [-0.3, -0.25) is 4.79 Å². The third-order valence-electron chi connectivity index (χ3n) is 11.5. The second-order valence-electron chi connectivity index (χ2n) is 16.5. The lowest BCUT2D eigenvalue weighted by molar-refractivity contribution is -0.295. The van der Waals surface area contributed by atoms with E-state index in [1.54, 1.807) is 0 Å². The van der Waals surface area contributed by atoms with Crippen LogP contribution in [0.4, 0.5) is 0 Å². The van der Waals surface area contributed by atoms with Gasteiger partial charge >= 0.3 is 5.97 Å². The summed E-state index contributed by atoms with van der Waals surface area (Å²) in [6.07, 6.45) is 37.6. The van der Waals surface area contributed by atoms with E-state index in [4.69, 9.17) is 14.5 Å². The number of likely N-dealkylation sites (N-methyl/N-ethyl adjacent to an activating group) is 2. The molecule has 0 aromatic carbocycles. The van der Waals surface area contributed by atoms with Gasteiger partial charge in [-0.25, -0.2) is 9.78 Å². The van der Waals surface area contributed by atoms with Crippen molar-refractivity contribution in [3.63, 3.8) is 0 Å². The molecule has 0 radical (unpaired) electrons. The van der Waals surface area contributed by atoms with Crippen LogP contribution < -0.4 is 0 Å². The summed E-state index contributed by atoms with van der Waals surface area (Å²) in [5.41, 5.74) is 0. The van der Waals surface area contributed by atoms with Crippen LogP contribution in [-0.2, 0) is 19.3 Å². The zero-order valence-corrected chi connectivity index (χ0v) is 34.7. The van der Waals surface area contributed by atoms with Crippen LogP contribution in [0.15, 0.2) is 0 Å². The van der Waals surface area contributed by atoms with E-state index in [1.807, 2.05) is 14.1 Å². The van der Waals surface area contributed by atoms with Gasteiger partial charge in [-0.2, -0.15) is 0 Å². The van der Waals surface area contributed by atoms with Crippen LogP contribution in [0.5, 0.6) is 0 Å². The summed E-state index contributed by atoms with van der Waals surface area (Å²) in [7, 11) is 8.13. The molecule has 1 rings (SSSR count). The summed E-state index contributed by atoms with van der Waals surface area (Å²) >= 11 is 0. The van der Waals surface area contributed by atoms with Crippen molar-refractivity contribution in [3.05, 3.63) is 0 Å². The van der Waals surface area contributed by atoms with Gasteiger partial charge in [-0.15, -0.1) is 0 Å². The quantitative estimate of drug-likeness (QED) is 0.0279. The molecule has 0 saturated heterocycles. The summed E-state index contributed by atoms with van der Waals surface area (Å²) in [5.74, 6) is 3.86. The van der Waals surface area contributed by atoms with E-state index in [9.17, 15) is 4.79 Å². The highest BCUT2D eigenvalue weighted by Gasteiger charge is 2.37. The summed E-state index contributed by atoms with van der Waals surface area (Å²) in [6, 6.07) is 0. The zero-order chi connectivity index (χ0) is 36.5. The first kappa shape index (κ1) is 47.3. The van der Waals surface area contributed by atoms with Gasteiger partial charge < -0.3 is 14.5 Å². The number of carbonyl (C=O) groups is 1. The van der Waals surface area contributed by atoms with Crippen LogP contribution in [0.1, 0.15) is 194 Å². The average Bonchev–Trinajstić information content (AvgIpc) is 3.09. The number of esters is 1. The van der Waals surface area contributed by atoms with Crippen LogP contribution in [-0.4, -0.2) is 76.9 Å². The summed E-state index contributed by atoms with van der Waals surface area (Å²) in [6.45, 7) is 8.29. The third-order valence-corrected chi connectivity index (χ3v) is 11.5. The SMILES string of the molecule is CCCCCCC1CC[C@@H](CCCCCCCCOOCCN(C)C)C(CCCCCCCCCC(=O)OCCN(C)C)C1CCCCCC. The maximum Gasteiger partial charge on any atom is 0.305 e. The molecular weight excluding hydrogens is 620 g/mol. The van der Waals surface area contributed by atoms with Crippen LogP contribution in [0.25, 0.3) is 0 Å². The molecule has 4 atom stereocenters. The Morgan fingerprint density at radius 3 is 1.38 bits per heavy atom. The molecule has 298 valence electrons. The van der Waals surface area contributed by atoms with Gasteiger partial charge in [-0.1, -0.05) is 149 Å². The Morgan fingerprint density at radius 2 is 0.880 bits per heavy atom. The Balaban J connectivity index is 2.51. The molecule has 1 aliphatic rings. The second-order valence-corrected chi connectivity index (χ2v) is 16.5. The highest BCUT2D eigenvalue weighted by atomic mass is 17.2. The van der Waals surface area contributed by atoms with E-state index in [0.29, 0.717) is 19.6 Å². The molecule has 0 bridgehead atoms. The Bertz CT molecular complexity index is 733. The number of ether oxygens (including phenoxy) is 1. The highest BCUT2D eigenvalue weighted by molar-refractivity contribution is 5.69. The lowest BCUT2D eigenvalue weighted by Crippen LogP contribution is -2.35. The van der Waals surface area contributed by atoms with Crippen molar-refractivity contribution in [2.75, 3.05) is 61.1 Å². The van der Waals surface area contributed by atoms with E-state index >= 15 is 0 Å². The number of nitrogens with zero attached hydrogens (tertiary/aromatic N) is 2. The van der Waals surface area contributed by atoms with E-state index < -0.39 is 0 Å². The van der Waals surface area contributed by atoms with E-state index in [0.717, 1.165) is 62.6 Å². The normalized spacial score (nSPS) is 19.5. The molecule has 0 spiro atoms. The molecule has 0 aliphatic heterocycles. The molecule has 0 aromatic heterocycles. The van der Waals surface area contributed by atoms with Crippen LogP contribution in [0.3, 0.4) is 0 Å². The lowest BCUT2D eigenvalue weighted by atomic mass is 9.61. The van der Waals surface area contributed by atoms with Crippen molar-refractivity contribution < 1.29 is 19.3 Å². The molecule has 0 N–H and O–H groups in total. The van der Waals surface area contributed by atoms with Crippen molar-refractivity contribution in [2.24, 2.45) is 23.7 Å². The third kappa shape index (κ3) is 27.0. The molecule has 1 aliphatic carbocycles. The van der Waals surface area contributed by atoms with E-state index in [-0.39, 0.29) is 5.97 Å². The topological polar surface area (TPSA) is 51.2 Å². The molecule has 50 heavy (non-hydrogen) atoms. The fraction of sp³-hybridized carbons (Fsp3) is 0.977. The fourth-order valence-electron chi connectivity index (χ4n) is 8.37. The van der Waals surface area contributed by atoms with Gasteiger partial charge in [0.05, 0.1) is 13.2 Å². The van der Waals surface area contributed by atoms with Crippen LogP contribution >= 0.6 is 0 Å². The van der Waals surface area contributed by atoms with Crippen molar-refractivity contribution in [2.45, 2.75) is 194 Å². The molecule has 6 nitrogen and oxygen atoms in total. The number of hydrogen-bond acceptors (Lipinski definition) is 6. The smallest absolute Gasteiger partial charge is 0.305 e. The Labute approximate surface area is 312 Å². The summed E-state index contributed by atoms with van der Waals surface area (Å²) in [4.78, 5) is 26.7. The summed E-state index contributed by atoms with van der Waals surface area (Å²) < 4.78 is 5.34. The first-order chi connectivity index (χ1) is 24.4. The standard InChI is InChI=1S/C44H88N2O4/c1-7-9-11-22-28-40-33-34-41(29-23-18-16-17-21-27-37-49-50-39-36-46(5)6)43(42(40)30-24-12-10-8-2)31-25-19-14-13-15-20-26-32-44(47)48-38-35-45(3)4/h40-43H,7-39H2,1-6H3/t40?,41-,42?,43?/m1/s1. The van der Waals surface area contributed by atoms with Gasteiger partial charge in [0.15, 0.2) is 0 Å². The largest absolute Gasteiger partial charge is 0.464 e. The van der Waals surface area contributed by atoms with Crippen molar-refractivity contribution in [1.82, 2.24) is 9.80 Å². The minimum absolute atomic E-state index is 0.0236. The van der Waals surface area contributed by atoms with Crippen LogP contribution in [0, 0.1) is 23.7 Å². The molecular formula is C44H88N2O4. The zero-order valence-electron chi connectivity index (χ0n) is 34.7. The average molecular weight is 709 g/mol. The monoisotopic (exact) mass is 709 g/mol. The van der Waals surface area contributed by atoms with Crippen molar-refractivity contribution in [1.29, 1.82) is 0 Å². The van der Waals surface area contributed by atoms with Crippen molar-refractivity contribution >= 4 is 5.97 Å².